The van der Waals surface area contributed by atoms with Gasteiger partial charge in [-0.25, -0.2) is 4.98 Å². The van der Waals surface area contributed by atoms with Gasteiger partial charge in [-0.15, -0.1) is 0 Å². The van der Waals surface area contributed by atoms with E-state index in [1.165, 1.54) is 24.4 Å². The number of aromatic amines is 1. The van der Waals surface area contributed by atoms with Gasteiger partial charge in [0.25, 0.3) is 11.1 Å². The number of H-pyrrole nitrogens is 1. The zero-order chi connectivity index (χ0) is 23.2. The average Bonchev–Trinajstić information content (AvgIpc) is 3.45. The van der Waals surface area contributed by atoms with Gasteiger partial charge in [-0.3, -0.25) is 18.4 Å². The minimum atomic E-state index is -0.253. The molecule has 1 atom stereocenters. The zero-order valence-electron chi connectivity index (χ0n) is 19.3. The largest absolute Gasteiger partial charge is 0.491 e. The molecule has 1 unspecified atom stereocenters. The van der Waals surface area contributed by atoms with E-state index in [1.807, 2.05) is 28.2 Å². The molecule has 1 fully saturated rings. The fraction of sp³-hybridized carbons (Fsp3) is 0.423. The Kier molecular flexibility index (Phi) is 5.50. The number of likely N-dealkylation sites (tertiary alicyclic amines) is 1. The first-order valence-corrected chi connectivity index (χ1v) is 12.9. The maximum absolute atomic E-state index is 13.2. The van der Waals surface area contributed by atoms with Crippen molar-refractivity contribution in [3.8, 4) is 17.0 Å². The Labute approximate surface area is 201 Å². The first kappa shape index (κ1) is 21.6. The Morgan fingerprint density at radius 3 is 2.85 bits per heavy atom. The van der Waals surface area contributed by atoms with Gasteiger partial charge >= 0.3 is 0 Å². The van der Waals surface area contributed by atoms with E-state index in [1.54, 1.807) is 0 Å². The van der Waals surface area contributed by atoms with Crippen LogP contribution < -0.4 is 15.9 Å². The molecule has 0 saturated carbocycles. The summed E-state index contributed by atoms with van der Waals surface area (Å²) < 4.78 is 8.90. The molecule has 176 valence electrons. The van der Waals surface area contributed by atoms with E-state index in [-0.39, 0.29) is 17.2 Å². The summed E-state index contributed by atoms with van der Waals surface area (Å²) in [4.78, 5) is 36.7. The van der Waals surface area contributed by atoms with Crippen LogP contribution >= 0.6 is 11.5 Å². The van der Waals surface area contributed by atoms with Gasteiger partial charge in [-0.1, -0.05) is 23.7 Å². The first-order chi connectivity index (χ1) is 16.6. The third-order valence-electron chi connectivity index (χ3n) is 6.99. The van der Waals surface area contributed by atoms with Crippen LogP contribution in [0.4, 0.5) is 0 Å². The van der Waals surface area contributed by atoms with E-state index >= 15 is 0 Å². The van der Waals surface area contributed by atoms with Crippen LogP contribution in [0.15, 0.2) is 39.9 Å². The molecule has 2 aliphatic rings. The SMILES string of the molecule is CC1CCCCOc2cc(CN3CCCC3)cc3[nH]c(=O)c(nc23)-c2cccc3c(=O)n1sc23. The molecule has 7 nitrogen and oxygen atoms in total. The maximum atomic E-state index is 13.2. The molecule has 1 saturated heterocycles. The minimum Gasteiger partial charge on any atom is -0.491 e. The maximum Gasteiger partial charge on any atom is 0.275 e. The highest BCUT2D eigenvalue weighted by Crippen LogP contribution is 2.33. The molecule has 0 amide bonds. The number of aromatic nitrogens is 3. The molecule has 2 aromatic heterocycles. The first-order valence-electron chi connectivity index (χ1n) is 12.2. The number of fused-ring (bicyclic) bond motifs is 3. The van der Waals surface area contributed by atoms with Gasteiger partial charge in [0.2, 0.25) is 0 Å². The molecule has 8 heteroatoms. The number of hydrogen-bond acceptors (Lipinski definition) is 6. The molecule has 4 heterocycles. The lowest BCUT2D eigenvalue weighted by Gasteiger charge is -2.17. The summed E-state index contributed by atoms with van der Waals surface area (Å²) in [5.41, 5.74) is 3.25. The van der Waals surface area contributed by atoms with Gasteiger partial charge < -0.3 is 9.72 Å². The van der Waals surface area contributed by atoms with Crippen LogP contribution in [0.25, 0.3) is 32.4 Å². The molecule has 4 aromatic rings. The summed E-state index contributed by atoms with van der Waals surface area (Å²) in [6.45, 7) is 5.71. The van der Waals surface area contributed by atoms with Gasteiger partial charge in [0, 0.05) is 18.2 Å². The normalized spacial score (nSPS) is 19.1. The number of hydrogen-bond donors (Lipinski definition) is 1. The Morgan fingerprint density at radius 2 is 2.00 bits per heavy atom. The Balaban J connectivity index is 1.56. The third kappa shape index (κ3) is 3.75. The summed E-state index contributed by atoms with van der Waals surface area (Å²) in [6.07, 6.45) is 5.23. The molecule has 2 aliphatic heterocycles. The molecule has 0 spiro atoms. The lowest BCUT2D eigenvalue weighted by atomic mass is 10.1. The summed E-state index contributed by atoms with van der Waals surface area (Å²) in [6, 6.07) is 9.76. The molecule has 0 aliphatic carbocycles. The van der Waals surface area contributed by atoms with Crippen molar-refractivity contribution in [2.75, 3.05) is 19.7 Å². The Morgan fingerprint density at radius 1 is 1.15 bits per heavy atom. The topological polar surface area (TPSA) is 80.2 Å². The fourth-order valence-electron chi connectivity index (χ4n) is 5.18. The van der Waals surface area contributed by atoms with Crippen molar-refractivity contribution in [2.45, 2.75) is 51.6 Å². The molecule has 34 heavy (non-hydrogen) atoms. The summed E-state index contributed by atoms with van der Waals surface area (Å²) in [7, 11) is 0. The molecule has 2 aromatic carbocycles. The van der Waals surface area contributed by atoms with Crippen molar-refractivity contribution >= 4 is 32.7 Å². The van der Waals surface area contributed by atoms with Crippen molar-refractivity contribution in [1.82, 2.24) is 18.8 Å². The number of ether oxygens (including phenoxy) is 1. The molecule has 1 N–H and O–H groups in total. The standard InChI is InChI=1S/C26H28N4O3S/c1-16-7-2-5-12-33-21-14-17(15-29-10-3-4-11-29)13-20-23(21)28-22(25(31)27-20)18-8-6-9-19-24(18)34-30(16)26(19)32/h6,8-9,13-14,16H,2-5,7,10-12,15H2,1H3,(H,27,31). The molecule has 6 rings (SSSR count). The van der Waals surface area contributed by atoms with E-state index in [0.717, 1.165) is 49.2 Å². The molecule has 0 radical (unpaired) electrons. The zero-order valence-corrected chi connectivity index (χ0v) is 20.1. The van der Waals surface area contributed by atoms with Crippen LogP contribution in [0.3, 0.4) is 0 Å². The predicted molar refractivity (Wildman–Crippen MR) is 136 cm³/mol. The van der Waals surface area contributed by atoms with Crippen molar-refractivity contribution in [2.24, 2.45) is 0 Å². The highest BCUT2D eigenvalue weighted by atomic mass is 32.1. The van der Waals surface area contributed by atoms with Crippen LogP contribution in [-0.2, 0) is 6.54 Å². The van der Waals surface area contributed by atoms with Crippen LogP contribution in [0.1, 0.15) is 50.6 Å². The van der Waals surface area contributed by atoms with Gasteiger partial charge in [0.1, 0.15) is 17.0 Å². The second-order valence-corrected chi connectivity index (χ2v) is 10.5. The van der Waals surface area contributed by atoms with Crippen LogP contribution in [0.5, 0.6) is 5.75 Å². The van der Waals surface area contributed by atoms with Gasteiger partial charge in [-0.05, 0) is 75.9 Å². The van der Waals surface area contributed by atoms with E-state index < -0.39 is 0 Å². The van der Waals surface area contributed by atoms with Crippen molar-refractivity contribution < 1.29 is 4.74 Å². The predicted octanol–water partition coefficient (Wildman–Crippen LogP) is 4.69. The van der Waals surface area contributed by atoms with Gasteiger partial charge in [-0.2, -0.15) is 0 Å². The quantitative estimate of drug-likeness (QED) is 0.454. The fourth-order valence-corrected chi connectivity index (χ4v) is 6.36. The Hall–Kier alpha value is -2.97. The number of nitrogens with zero attached hydrogens (tertiary/aromatic N) is 3. The van der Waals surface area contributed by atoms with E-state index in [9.17, 15) is 9.59 Å². The lowest BCUT2D eigenvalue weighted by Crippen LogP contribution is -2.19. The Bertz CT molecular complexity index is 1500. The lowest BCUT2D eigenvalue weighted by molar-refractivity contribution is 0.301. The molecular weight excluding hydrogens is 448 g/mol. The van der Waals surface area contributed by atoms with Crippen molar-refractivity contribution in [3.05, 3.63) is 56.6 Å². The summed E-state index contributed by atoms with van der Waals surface area (Å²) in [5.74, 6) is 0.715. The number of rotatable bonds is 2. The average molecular weight is 477 g/mol. The number of benzene rings is 2. The van der Waals surface area contributed by atoms with E-state index in [2.05, 4.69) is 22.9 Å². The van der Waals surface area contributed by atoms with E-state index in [4.69, 9.17) is 9.72 Å². The monoisotopic (exact) mass is 476 g/mol. The summed E-state index contributed by atoms with van der Waals surface area (Å²) in [5, 5.41) is 0.642. The van der Waals surface area contributed by atoms with Gasteiger partial charge in [0.15, 0.2) is 0 Å². The van der Waals surface area contributed by atoms with Gasteiger partial charge in [0.05, 0.1) is 22.2 Å². The second kappa shape index (κ2) is 8.67. The van der Waals surface area contributed by atoms with Crippen LogP contribution in [-0.4, -0.2) is 38.5 Å². The van der Waals surface area contributed by atoms with E-state index in [0.29, 0.717) is 40.0 Å². The smallest absolute Gasteiger partial charge is 0.275 e. The highest BCUT2D eigenvalue weighted by molar-refractivity contribution is 7.14. The minimum absolute atomic E-state index is 0.00457. The van der Waals surface area contributed by atoms with Crippen molar-refractivity contribution in [1.29, 1.82) is 0 Å². The molecule has 4 bridgehead atoms. The van der Waals surface area contributed by atoms with Crippen molar-refractivity contribution in [3.63, 3.8) is 0 Å². The van der Waals surface area contributed by atoms with Crippen LogP contribution in [0.2, 0.25) is 0 Å². The second-order valence-electron chi connectivity index (χ2n) is 9.49. The summed E-state index contributed by atoms with van der Waals surface area (Å²) >= 11 is 1.43. The highest BCUT2D eigenvalue weighted by Gasteiger charge is 2.21. The molecular formula is C26H28N4O3S. The third-order valence-corrected chi connectivity index (χ3v) is 8.34. The van der Waals surface area contributed by atoms with Crippen LogP contribution in [0, 0.1) is 0 Å². The number of nitrogens with one attached hydrogen (secondary N) is 1.